The first-order valence-electron chi connectivity index (χ1n) is 4.28. The molecule has 5 heteroatoms. The van der Waals surface area contributed by atoms with Crippen LogP contribution in [0.2, 0.25) is 0 Å². The Bertz CT molecular complexity index is 188. The number of ether oxygens (including phenoxy) is 2. The van der Waals surface area contributed by atoms with Crippen molar-refractivity contribution in [3.05, 3.63) is 0 Å². The molecular formula is C8H14ClNO3. The molecule has 1 fully saturated rings. The number of nitrogens with zero attached hydrogens (tertiary/aromatic N) is 1. The molecule has 0 radical (unpaired) electrons. The minimum Gasteiger partial charge on any atom is -0.450 e. The number of carbonyl (C=O) groups is 1. The van der Waals surface area contributed by atoms with Crippen LogP contribution in [0.4, 0.5) is 4.79 Å². The van der Waals surface area contributed by atoms with E-state index in [0.29, 0.717) is 19.8 Å². The number of hydrogen-bond donors (Lipinski definition) is 0. The summed E-state index contributed by atoms with van der Waals surface area (Å²) in [6.07, 6.45) is -0.344. The van der Waals surface area contributed by atoms with Crippen molar-refractivity contribution in [3.63, 3.8) is 0 Å². The van der Waals surface area contributed by atoms with Crippen molar-refractivity contribution in [1.82, 2.24) is 4.90 Å². The van der Waals surface area contributed by atoms with Gasteiger partial charge in [-0.2, -0.15) is 0 Å². The molecule has 0 aromatic rings. The molecule has 0 aromatic carbocycles. The summed E-state index contributed by atoms with van der Waals surface area (Å²) in [6, 6.07) is -0.0688. The smallest absolute Gasteiger partial charge is 0.409 e. The quantitative estimate of drug-likeness (QED) is 0.637. The molecular weight excluding hydrogens is 194 g/mol. The van der Waals surface area contributed by atoms with Gasteiger partial charge in [-0.1, -0.05) is 0 Å². The Balaban J connectivity index is 2.45. The summed E-state index contributed by atoms with van der Waals surface area (Å²) in [5, 5.41) is -0.130. The maximum absolute atomic E-state index is 11.3. The zero-order chi connectivity index (χ0) is 9.84. The van der Waals surface area contributed by atoms with Gasteiger partial charge in [0.15, 0.2) is 0 Å². The van der Waals surface area contributed by atoms with Crippen molar-refractivity contribution in [3.8, 4) is 0 Å². The third kappa shape index (κ3) is 2.48. The van der Waals surface area contributed by atoms with Crippen LogP contribution in [0.1, 0.15) is 6.92 Å². The lowest BCUT2D eigenvalue weighted by atomic mass is 10.2. The Morgan fingerprint density at radius 1 is 1.69 bits per heavy atom. The molecule has 1 saturated heterocycles. The molecule has 4 nitrogen and oxygen atoms in total. The molecule has 76 valence electrons. The van der Waals surface area contributed by atoms with Gasteiger partial charge in [-0.3, -0.25) is 0 Å². The summed E-state index contributed by atoms with van der Waals surface area (Å²) in [5.74, 6) is 0. The van der Waals surface area contributed by atoms with Gasteiger partial charge < -0.3 is 14.4 Å². The standard InChI is InChI=1S/C8H14ClNO3/c1-3-13-8(11)10(2)7-5-12-4-6(7)9/h6-7H,3-5H2,1-2H3/t6-,7-/m1/s1. The minimum absolute atomic E-state index is 0.0688. The number of carbonyl (C=O) groups excluding carboxylic acids is 1. The van der Waals surface area contributed by atoms with Crippen molar-refractivity contribution in [2.75, 3.05) is 26.9 Å². The minimum atomic E-state index is -0.344. The van der Waals surface area contributed by atoms with Crippen LogP contribution in [0.25, 0.3) is 0 Å². The van der Waals surface area contributed by atoms with E-state index >= 15 is 0 Å². The lowest BCUT2D eigenvalue weighted by Gasteiger charge is -2.24. The maximum atomic E-state index is 11.3. The summed E-state index contributed by atoms with van der Waals surface area (Å²) in [4.78, 5) is 12.8. The average Bonchev–Trinajstić information content (AvgIpc) is 2.50. The molecule has 0 N–H and O–H groups in total. The third-order valence-electron chi connectivity index (χ3n) is 2.04. The largest absolute Gasteiger partial charge is 0.450 e. The number of amides is 1. The van der Waals surface area contributed by atoms with Gasteiger partial charge in [-0.25, -0.2) is 4.79 Å². The number of rotatable bonds is 2. The van der Waals surface area contributed by atoms with E-state index in [1.54, 1.807) is 14.0 Å². The van der Waals surface area contributed by atoms with E-state index in [2.05, 4.69) is 0 Å². The second kappa shape index (κ2) is 4.67. The molecule has 0 aliphatic carbocycles. The monoisotopic (exact) mass is 207 g/mol. The Kier molecular flexibility index (Phi) is 3.81. The highest BCUT2D eigenvalue weighted by Crippen LogP contribution is 2.17. The molecule has 1 aliphatic heterocycles. The number of halogens is 1. The normalized spacial score (nSPS) is 27.3. The molecule has 1 amide bonds. The van der Waals surface area contributed by atoms with Crippen LogP contribution in [0.3, 0.4) is 0 Å². The molecule has 0 aromatic heterocycles. The molecule has 1 aliphatic rings. The Labute approximate surface area is 82.7 Å². The zero-order valence-electron chi connectivity index (χ0n) is 7.83. The first kappa shape index (κ1) is 10.6. The van der Waals surface area contributed by atoms with Crippen LogP contribution in [-0.4, -0.2) is 49.3 Å². The molecule has 0 saturated carbocycles. The van der Waals surface area contributed by atoms with E-state index in [-0.39, 0.29) is 17.5 Å². The molecule has 0 bridgehead atoms. The zero-order valence-corrected chi connectivity index (χ0v) is 8.58. The number of likely N-dealkylation sites (N-methyl/N-ethyl adjacent to an activating group) is 1. The summed E-state index contributed by atoms with van der Waals surface area (Å²) >= 11 is 5.94. The Hall–Kier alpha value is -0.480. The van der Waals surface area contributed by atoms with E-state index < -0.39 is 0 Å². The molecule has 13 heavy (non-hydrogen) atoms. The fraction of sp³-hybridized carbons (Fsp3) is 0.875. The van der Waals surface area contributed by atoms with Gasteiger partial charge in [0.1, 0.15) is 0 Å². The molecule has 0 unspecified atom stereocenters. The van der Waals surface area contributed by atoms with E-state index in [9.17, 15) is 4.79 Å². The maximum Gasteiger partial charge on any atom is 0.409 e. The van der Waals surface area contributed by atoms with E-state index in [4.69, 9.17) is 21.1 Å². The fourth-order valence-corrected chi connectivity index (χ4v) is 1.56. The molecule has 1 rings (SSSR count). The van der Waals surface area contributed by atoms with Crippen LogP contribution in [-0.2, 0) is 9.47 Å². The van der Waals surface area contributed by atoms with Crippen LogP contribution in [0.5, 0.6) is 0 Å². The van der Waals surface area contributed by atoms with Crippen molar-refractivity contribution in [2.24, 2.45) is 0 Å². The van der Waals surface area contributed by atoms with Gasteiger partial charge >= 0.3 is 6.09 Å². The summed E-state index contributed by atoms with van der Waals surface area (Å²) in [7, 11) is 1.67. The predicted molar refractivity (Wildman–Crippen MR) is 49.0 cm³/mol. The highest BCUT2D eigenvalue weighted by atomic mass is 35.5. The highest BCUT2D eigenvalue weighted by Gasteiger charge is 2.32. The van der Waals surface area contributed by atoms with E-state index in [0.717, 1.165) is 0 Å². The van der Waals surface area contributed by atoms with Gasteiger partial charge in [0.05, 0.1) is 31.2 Å². The lowest BCUT2D eigenvalue weighted by Crippen LogP contribution is -2.42. The molecule has 2 atom stereocenters. The van der Waals surface area contributed by atoms with Gasteiger partial charge in [0, 0.05) is 7.05 Å². The summed E-state index contributed by atoms with van der Waals surface area (Å²) in [6.45, 7) is 3.14. The lowest BCUT2D eigenvalue weighted by molar-refractivity contribution is 0.0955. The molecule has 1 heterocycles. The number of hydrogen-bond acceptors (Lipinski definition) is 3. The van der Waals surface area contributed by atoms with Gasteiger partial charge in [0.2, 0.25) is 0 Å². The van der Waals surface area contributed by atoms with Crippen molar-refractivity contribution in [2.45, 2.75) is 18.3 Å². The third-order valence-corrected chi connectivity index (χ3v) is 2.45. The van der Waals surface area contributed by atoms with Gasteiger partial charge in [0.25, 0.3) is 0 Å². The Morgan fingerprint density at radius 2 is 2.38 bits per heavy atom. The highest BCUT2D eigenvalue weighted by molar-refractivity contribution is 6.21. The van der Waals surface area contributed by atoms with Crippen LogP contribution >= 0.6 is 11.6 Å². The van der Waals surface area contributed by atoms with E-state index in [1.807, 2.05) is 0 Å². The first-order valence-corrected chi connectivity index (χ1v) is 4.71. The van der Waals surface area contributed by atoms with Crippen LogP contribution in [0.15, 0.2) is 0 Å². The summed E-state index contributed by atoms with van der Waals surface area (Å²) in [5.41, 5.74) is 0. The molecule has 0 spiro atoms. The Morgan fingerprint density at radius 3 is 2.85 bits per heavy atom. The second-order valence-corrected chi connectivity index (χ2v) is 3.49. The van der Waals surface area contributed by atoms with Crippen molar-refractivity contribution >= 4 is 17.7 Å². The van der Waals surface area contributed by atoms with Crippen molar-refractivity contribution in [1.29, 1.82) is 0 Å². The second-order valence-electron chi connectivity index (χ2n) is 2.93. The van der Waals surface area contributed by atoms with Crippen LogP contribution in [0, 0.1) is 0 Å². The average molecular weight is 208 g/mol. The van der Waals surface area contributed by atoms with Gasteiger partial charge in [-0.15, -0.1) is 11.6 Å². The summed E-state index contributed by atoms with van der Waals surface area (Å²) < 4.78 is 9.97. The van der Waals surface area contributed by atoms with Crippen LogP contribution < -0.4 is 0 Å². The van der Waals surface area contributed by atoms with Crippen molar-refractivity contribution < 1.29 is 14.3 Å². The topological polar surface area (TPSA) is 38.8 Å². The first-order chi connectivity index (χ1) is 6.16. The fourth-order valence-electron chi connectivity index (χ4n) is 1.23. The number of alkyl halides is 1. The van der Waals surface area contributed by atoms with E-state index in [1.165, 1.54) is 4.90 Å². The van der Waals surface area contributed by atoms with Gasteiger partial charge in [-0.05, 0) is 6.92 Å². The SMILES string of the molecule is CCOC(=O)N(C)[C@@H]1COC[C@H]1Cl. The predicted octanol–water partition coefficient (Wildman–Crippen LogP) is 1.08.